The molecule has 2 aromatic rings. The first-order valence-electron chi connectivity index (χ1n) is 6.60. The summed E-state index contributed by atoms with van der Waals surface area (Å²) in [4.78, 5) is 1.65. The average Bonchev–Trinajstić information content (AvgIpc) is 2.76. The minimum absolute atomic E-state index is 0.294. The lowest BCUT2D eigenvalue weighted by atomic mass is 10.0. The lowest BCUT2D eigenvalue weighted by molar-refractivity contribution is 0.795. The van der Waals surface area contributed by atoms with E-state index in [1.807, 2.05) is 0 Å². The third-order valence-corrected chi connectivity index (χ3v) is 6.74. The molecule has 1 unspecified atom stereocenters. The summed E-state index contributed by atoms with van der Waals surface area (Å²) < 4.78 is 1.23. The van der Waals surface area contributed by atoms with E-state index in [2.05, 4.69) is 76.0 Å². The smallest absolute Gasteiger partial charge is 0.0738 e. The predicted molar refractivity (Wildman–Crippen MR) is 92.6 cm³/mol. The van der Waals surface area contributed by atoms with Gasteiger partial charge in [0.05, 0.1) is 8.61 Å². The molecule has 0 nitrogen and oxygen atoms in total. The van der Waals surface area contributed by atoms with E-state index in [0.717, 1.165) is 0 Å². The molecule has 0 N–H and O–H groups in total. The Morgan fingerprint density at radius 3 is 2.42 bits per heavy atom. The Kier molecular flexibility index (Phi) is 5.67. The molecular formula is C16H18Br2S. The topological polar surface area (TPSA) is 0 Å². The van der Waals surface area contributed by atoms with Crippen LogP contribution in [0, 0.1) is 6.92 Å². The second-order valence-electron chi connectivity index (χ2n) is 4.81. The van der Waals surface area contributed by atoms with Gasteiger partial charge in [-0.15, -0.1) is 11.3 Å². The summed E-state index contributed by atoms with van der Waals surface area (Å²) in [5, 5.41) is 0. The summed E-state index contributed by atoms with van der Waals surface area (Å²) >= 11 is 9.21. The number of halogens is 2. The molecule has 0 aliphatic carbocycles. The maximum absolute atomic E-state index is 3.81. The minimum Gasteiger partial charge on any atom is -0.131 e. The molecule has 1 heterocycles. The number of hydrogen-bond acceptors (Lipinski definition) is 1. The number of alkyl halides is 1. The number of rotatable bonds is 5. The van der Waals surface area contributed by atoms with Gasteiger partial charge in [0.15, 0.2) is 0 Å². The van der Waals surface area contributed by atoms with Crippen molar-refractivity contribution in [2.45, 2.75) is 37.9 Å². The van der Waals surface area contributed by atoms with Gasteiger partial charge in [-0.1, -0.05) is 53.5 Å². The standard InChI is InChI=1S/C16H18Br2S/c1-3-4-5-12-6-8-13(9-7-12)15(17)14-10-11(2)16(18)19-14/h6-10,15H,3-5H2,1-2H3. The van der Waals surface area contributed by atoms with Crippen molar-refractivity contribution in [3.8, 4) is 0 Å². The van der Waals surface area contributed by atoms with E-state index < -0.39 is 0 Å². The van der Waals surface area contributed by atoms with Crippen molar-refractivity contribution in [1.82, 2.24) is 0 Å². The van der Waals surface area contributed by atoms with Crippen LogP contribution < -0.4 is 0 Å². The highest BCUT2D eigenvalue weighted by Crippen LogP contribution is 2.39. The van der Waals surface area contributed by atoms with Crippen molar-refractivity contribution in [3.63, 3.8) is 0 Å². The normalized spacial score (nSPS) is 12.6. The first kappa shape index (κ1) is 15.3. The number of benzene rings is 1. The summed E-state index contributed by atoms with van der Waals surface area (Å²) in [6, 6.07) is 11.3. The number of thiophene rings is 1. The van der Waals surface area contributed by atoms with Crippen molar-refractivity contribution in [1.29, 1.82) is 0 Å². The van der Waals surface area contributed by atoms with Gasteiger partial charge in [0.1, 0.15) is 0 Å². The lowest BCUT2D eigenvalue weighted by Gasteiger charge is -2.09. The molecule has 0 saturated carbocycles. The Bertz CT molecular complexity index is 509. The van der Waals surface area contributed by atoms with Crippen LogP contribution in [0.1, 0.15) is 46.2 Å². The zero-order valence-electron chi connectivity index (χ0n) is 11.2. The molecule has 19 heavy (non-hydrogen) atoms. The molecule has 0 amide bonds. The van der Waals surface area contributed by atoms with Crippen LogP contribution in [0.3, 0.4) is 0 Å². The summed E-state index contributed by atoms with van der Waals surface area (Å²) in [5.74, 6) is 0. The molecule has 0 saturated heterocycles. The molecule has 3 heteroatoms. The molecule has 0 aliphatic rings. The molecule has 1 aromatic heterocycles. The second kappa shape index (κ2) is 7.05. The van der Waals surface area contributed by atoms with Crippen LogP contribution in [-0.2, 0) is 6.42 Å². The summed E-state index contributed by atoms with van der Waals surface area (Å²) in [7, 11) is 0. The van der Waals surface area contributed by atoms with Crippen molar-refractivity contribution in [2.75, 3.05) is 0 Å². The van der Waals surface area contributed by atoms with Gasteiger partial charge >= 0.3 is 0 Å². The van der Waals surface area contributed by atoms with E-state index >= 15 is 0 Å². The highest BCUT2D eigenvalue weighted by molar-refractivity contribution is 9.11. The Morgan fingerprint density at radius 2 is 1.89 bits per heavy atom. The Balaban J connectivity index is 2.13. The van der Waals surface area contributed by atoms with E-state index in [0.29, 0.717) is 4.83 Å². The zero-order chi connectivity index (χ0) is 13.8. The van der Waals surface area contributed by atoms with Crippen LogP contribution in [0.4, 0.5) is 0 Å². The van der Waals surface area contributed by atoms with E-state index in [9.17, 15) is 0 Å². The summed E-state index contributed by atoms with van der Waals surface area (Å²) in [6.07, 6.45) is 3.72. The molecule has 0 spiro atoms. The molecule has 0 bridgehead atoms. The van der Waals surface area contributed by atoms with Crippen molar-refractivity contribution < 1.29 is 0 Å². The summed E-state index contributed by atoms with van der Waals surface area (Å²) in [6.45, 7) is 4.37. The number of aryl methyl sites for hydroxylation is 2. The average molecular weight is 402 g/mol. The second-order valence-corrected chi connectivity index (χ2v) is 8.13. The van der Waals surface area contributed by atoms with Crippen molar-refractivity contribution in [3.05, 3.63) is 55.7 Å². The molecule has 2 rings (SSSR count). The molecule has 102 valence electrons. The fourth-order valence-corrected chi connectivity index (χ4v) is 4.30. The van der Waals surface area contributed by atoms with E-state index in [1.54, 1.807) is 11.3 Å². The number of hydrogen-bond donors (Lipinski definition) is 0. The Labute approximate surface area is 136 Å². The lowest BCUT2D eigenvalue weighted by Crippen LogP contribution is -1.91. The van der Waals surface area contributed by atoms with Gasteiger partial charge in [-0.25, -0.2) is 0 Å². The summed E-state index contributed by atoms with van der Waals surface area (Å²) in [5.41, 5.74) is 4.08. The van der Waals surface area contributed by atoms with E-state index in [1.165, 1.54) is 44.6 Å². The Hall–Kier alpha value is -0.120. The van der Waals surface area contributed by atoms with Crippen LogP contribution in [0.5, 0.6) is 0 Å². The van der Waals surface area contributed by atoms with E-state index in [4.69, 9.17) is 0 Å². The first-order chi connectivity index (χ1) is 9.11. The molecule has 0 fully saturated rings. The third kappa shape index (κ3) is 3.93. The molecule has 1 aromatic carbocycles. The third-order valence-electron chi connectivity index (χ3n) is 3.22. The maximum atomic E-state index is 3.81. The van der Waals surface area contributed by atoms with Crippen LogP contribution in [0.25, 0.3) is 0 Å². The Morgan fingerprint density at radius 1 is 1.21 bits per heavy atom. The zero-order valence-corrected chi connectivity index (χ0v) is 15.2. The quantitative estimate of drug-likeness (QED) is 0.492. The SMILES string of the molecule is CCCCc1ccc(C(Br)c2cc(C)c(Br)s2)cc1. The van der Waals surface area contributed by atoms with Crippen LogP contribution >= 0.6 is 43.2 Å². The predicted octanol–water partition coefficient (Wildman–Crippen LogP) is 6.65. The molecule has 0 aliphatic heterocycles. The monoisotopic (exact) mass is 400 g/mol. The van der Waals surface area contributed by atoms with Gasteiger partial charge in [0.25, 0.3) is 0 Å². The van der Waals surface area contributed by atoms with Crippen LogP contribution in [0.15, 0.2) is 34.1 Å². The van der Waals surface area contributed by atoms with Gasteiger partial charge in [0, 0.05) is 4.88 Å². The maximum Gasteiger partial charge on any atom is 0.0738 e. The fourth-order valence-electron chi connectivity index (χ4n) is 2.01. The van der Waals surface area contributed by atoms with Crippen molar-refractivity contribution >= 4 is 43.2 Å². The van der Waals surface area contributed by atoms with Crippen LogP contribution in [0.2, 0.25) is 0 Å². The van der Waals surface area contributed by atoms with E-state index in [-0.39, 0.29) is 0 Å². The first-order valence-corrected chi connectivity index (χ1v) is 9.13. The number of unbranched alkanes of at least 4 members (excludes halogenated alkanes) is 1. The molecule has 1 atom stereocenters. The molecule has 0 radical (unpaired) electrons. The van der Waals surface area contributed by atoms with Gasteiger partial charge in [-0.05, 0) is 58.5 Å². The van der Waals surface area contributed by atoms with Gasteiger partial charge in [0.2, 0.25) is 0 Å². The highest BCUT2D eigenvalue weighted by Gasteiger charge is 2.14. The van der Waals surface area contributed by atoms with Gasteiger partial charge < -0.3 is 0 Å². The minimum atomic E-state index is 0.294. The fraction of sp³-hybridized carbons (Fsp3) is 0.375. The van der Waals surface area contributed by atoms with Crippen LogP contribution in [-0.4, -0.2) is 0 Å². The highest BCUT2D eigenvalue weighted by atomic mass is 79.9. The van der Waals surface area contributed by atoms with Gasteiger partial charge in [-0.3, -0.25) is 0 Å². The molecular weight excluding hydrogens is 384 g/mol. The largest absolute Gasteiger partial charge is 0.131 e. The van der Waals surface area contributed by atoms with Gasteiger partial charge in [-0.2, -0.15) is 0 Å². The van der Waals surface area contributed by atoms with Crippen molar-refractivity contribution in [2.24, 2.45) is 0 Å².